The molecule has 0 atom stereocenters. The number of nitrogens with zero attached hydrogens (tertiary/aromatic N) is 2. The van der Waals surface area contributed by atoms with Crippen LogP contribution in [0.5, 0.6) is 0 Å². The molecule has 0 aliphatic heterocycles. The van der Waals surface area contributed by atoms with Gasteiger partial charge in [0.15, 0.2) is 0 Å². The summed E-state index contributed by atoms with van der Waals surface area (Å²) in [4.78, 5) is 4.35. The molecule has 12 heavy (non-hydrogen) atoms. The van der Waals surface area contributed by atoms with Crippen LogP contribution in [0.25, 0.3) is 0 Å². The van der Waals surface area contributed by atoms with E-state index in [1.165, 1.54) is 13.7 Å². The summed E-state index contributed by atoms with van der Waals surface area (Å²) in [5.41, 5.74) is 1.35. The van der Waals surface area contributed by atoms with E-state index in [0.29, 0.717) is 5.16 Å². The zero-order valence-corrected chi connectivity index (χ0v) is 10.2. The van der Waals surface area contributed by atoms with Gasteiger partial charge in [0.25, 0.3) is 0 Å². The Morgan fingerprint density at radius 2 is 1.25 bits per heavy atom. The van der Waals surface area contributed by atoms with E-state index in [1.54, 1.807) is 0 Å². The Hall–Kier alpha value is 0.0900. The molecule has 0 saturated carbocycles. The van der Waals surface area contributed by atoms with E-state index in [2.05, 4.69) is 58.8 Å². The van der Waals surface area contributed by atoms with E-state index in [1.807, 2.05) is 0 Å². The molecule has 3 heteroatoms. The molecule has 0 unspecified atom stereocenters. The average molecular weight is 188 g/mol. The third kappa shape index (κ3) is 4.87. The first-order valence-electron chi connectivity index (χ1n) is 4.18. The van der Waals surface area contributed by atoms with Crippen molar-refractivity contribution in [2.75, 3.05) is 28.2 Å². The van der Waals surface area contributed by atoms with Crippen molar-refractivity contribution in [2.24, 2.45) is 0 Å². The van der Waals surface area contributed by atoms with Gasteiger partial charge in [0.1, 0.15) is 0 Å². The van der Waals surface area contributed by atoms with Crippen LogP contribution in [0.2, 0.25) is 0 Å². The molecule has 0 bridgehead atoms. The molecule has 0 amide bonds. The highest BCUT2D eigenvalue weighted by molar-refractivity contribution is 7.41. The van der Waals surface area contributed by atoms with Crippen molar-refractivity contribution in [3.63, 3.8) is 0 Å². The van der Waals surface area contributed by atoms with Crippen LogP contribution >= 0.6 is 8.20 Å². The summed E-state index contributed by atoms with van der Waals surface area (Å²) in [7, 11) is 9.74. The number of hydrogen-bond donors (Lipinski definition) is 0. The van der Waals surface area contributed by atoms with E-state index in [0.717, 1.165) is 0 Å². The fourth-order valence-corrected chi connectivity index (χ4v) is 1.90. The summed E-state index contributed by atoms with van der Waals surface area (Å²) in [5, 5.41) is 0.337. The molecule has 0 aliphatic carbocycles. The first kappa shape index (κ1) is 12.1. The molecule has 0 saturated heterocycles. The molecule has 0 rings (SSSR count). The number of hydrogen-bond acceptors (Lipinski definition) is 0. The first-order valence-corrected chi connectivity index (χ1v) is 5.08. The highest BCUT2D eigenvalue weighted by Gasteiger charge is 2.12. The van der Waals surface area contributed by atoms with Crippen molar-refractivity contribution in [3.05, 3.63) is 0 Å². The van der Waals surface area contributed by atoms with Gasteiger partial charge < -0.3 is 0 Å². The summed E-state index contributed by atoms with van der Waals surface area (Å²) in [6.07, 6.45) is 0. The minimum Gasteiger partial charge on any atom is -0.268 e. The molecule has 0 radical (unpaired) electrons. The summed E-state index contributed by atoms with van der Waals surface area (Å²) in [6.45, 7) is 6.75. The Kier molecular flexibility index (Phi) is 4.39. The SMILES string of the molecule is CN(C)C(=PC(C)(C)C)N(C)C. The second kappa shape index (κ2) is 4.36. The lowest BCUT2D eigenvalue weighted by Crippen LogP contribution is -2.34. The van der Waals surface area contributed by atoms with Crippen LogP contribution in [0.3, 0.4) is 0 Å². The maximum absolute atomic E-state index is 2.25. The minimum absolute atomic E-state index is 0.337. The Bertz CT molecular complexity index is 156. The predicted molar refractivity (Wildman–Crippen MR) is 59.1 cm³/mol. The lowest BCUT2D eigenvalue weighted by molar-refractivity contribution is 0.499. The molecule has 0 N–H and O–H groups in total. The van der Waals surface area contributed by atoms with Gasteiger partial charge in [-0.1, -0.05) is 29.0 Å². The Balaban J connectivity index is 4.63. The fourth-order valence-electron chi connectivity index (χ4n) is 0.900. The Morgan fingerprint density at radius 1 is 0.917 bits per heavy atom. The molecular weight excluding hydrogens is 167 g/mol. The van der Waals surface area contributed by atoms with Gasteiger partial charge in [-0.2, -0.15) is 0 Å². The lowest BCUT2D eigenvalue weighted by atomic mass is 10.3. The summed E-state index contributed by atoms with van der Waals surface area (Å²) in [6, 6.07) is 0. The van der Waals surface area contributed by atoms with Crippen LogP contribution in [-0.4, -0.2) is 48.7 Å². The molecule has 0 aromatic heterocycles. The van der Waals surface area contributed by atoms with Gasteiger partial charge in [-0.3, -0.25) is 9.80 Å². The first-order chi connectivity index (χ1) is 5.24. The lowest BCUT2D eigenvalue weighted by Gasteiger charge is -2.24. The topological polar surface area (TPSA) is 6.48 Å². The third-order valence-corrected chi connectivity index (χ3v) is 2.91. The van der Waals surface area contributed by atoms with Gasteiger partial charge >= 0.3 is 0 Å². The zero-order chi connectivity index (χ0) is 9.94. The van der Waals surface area contributed by atoms with Gasteiger partial charge in [0.2, 0.25) is 0 Å². The largest absolute Gasteiger partial charge is 0.268 e. The zero-order valence-electron chi connectivity index (χ0n) is 9.34. The molecule has 0 spiro atoms. The summed E-state index contributed by atoms with van der Waals surface area (Å²) >= 11 is 0. The van der Waals surface area contributed by atoms with Crippen LogP contribution in [0.1, 0.15) is 20.8 Å². The predicted octanol–water partition coefficient (Wildman–Crippen LogP) is 1.94. The van der Waals surface area contributed by atoms with Crippen molar-refractivity contribution in [1.82, 2.24) is 9.80 Å². The molecule has 0 fully saturated rings. The maximum atomic E-state index is 2.25. The normalized spacial score (nSPS) is 13.1. The molecular formula is C9H21N2P. The van der Waals surface area contributed by atoms with Crippen molar-refractivity contribution < 1.29 is 0 Å². The van der Waals surface area contributed by atoms with Crippen molar-refractivity contribution in [1.29, 1.82) is 0 Å². The van der Waals surface area contributed by atoms with E-state index in [4.69, 9.17) is 0 Å². The van der Waals surface area contributed by atoms with Gasteiger partial charge in [0, 0.05) is 5.16 Å². The van der Waals surface area contributed by atoms with Crippen LogP contribution < -0.4 is 0 Å². The minimum atomic E-state index is 0.337. The van der Waals surface area contributed by atoms with Crippen LogP contribution in [0, 0.1) is 0 Å². The average Bonchev–Trinajstić information content (AvgIpc) is 1.79. The van der Waals surface area contributed by atoms with Crippen molar-refractivity contribution in [2.45, 2.75) is 25.9 Å². The second-order valence-electron chi connectivity index (χ2n) is 4.37. The van der Waals surface area contributed by atoms with Gasteiger partial charge in [-0.25, -0.2) is 0 Å². The Labute approximate surface area is 78.4 Å². The maximum Gasteiger partial charge on any atom is 0.0859 e. The molecule has 72 valence electrons. The molecule has 2 nitrogen and oxygen atoms in total. The smallest absolute Gasteiger partial charge is 0.0859 e. The molecule has 0 aliphatic rings. The standard InChI is InChI=1S/C9H21N2P/c1-9(2,3)12-8(10(4)5)11(6)7/h1-7H3. The monoisotopic (exact) mass is 188 g/mol. The quantitative estimate of drug-likeness (QED) is 0.611. The van der Waals surface area contributed by atoms with Crippen molar-refractivity contribution >= 4 is 13.7 Å². The summed E-state index contributed by atoms with van der Waals surface area (Å²) < 4.78 is 0. The molecule has 0 aromatic carbocycles. The Morgan fingerprint density at radius 3 is 1.33 bits per heavy atom. The third-order valence-electron chi connectivity index (χ3n) is 1.24. The van der Waals surface area contributed by atoms with Gasteiger partial charge in [0.05, 0.1) is 5.54 Å². The van der Waals surface area contributed by atoms with Crippen molar-refractivity contribution in [3.8, 4) is 0 Å². The molecule has 0 heterocycles. The highest BCUT2D eigenvalue weighted by atomic mass is 31.1. The van der Waals surface area contributed by atoms with E-state index < -0.39 is 0 Å². The van der Waals surface area contributed by atoms with Crippen LogP contribution in [0.4, 0.5) is 0 Å². The van der Waals surface area contributed by atoms with Gasteiger partial charge in [-0.05, 0) is 28.2 Å². The van der Waals surface area contributed by atoms with E-state index in [-0.39, 0.29) is 0 Å². The fraction of sp³-hybridized carbons (Fsp3) is 0.889. The van der Waals surface area contributed by atoms with E-state index >= 15 is 0 Å². The van der Waals surface area contributed by atoms with E-state index in [9.17, 15) is 0 Å². The highest BCUT2D eigenvalue weighted by Crippen LogP contribution is 2.24. The van der Waals surface area contributed by atoms with Crippen LogP contribution in [-0.2, 0) is 0 Å². The second-order valence-corrected chi connectivity index (χ2v) is 6.34. The number of rotatable bonds is 2. The summed E-state index contributed by atoms with van der Waals surface area (Å²) in [5.74, 6) is 0. The van der Waals surface area contributed by atoms with Crippen LogP contribution in [0.15, 0.2) is 0 Å². The molecule has 0 aromatic rings. The van der Waals surface area contributed by atoms with Gasteiger partial charge in [-0.15, -0.1) is 0 Å².